The second-order valence-electron chi connectivity index (χ2n) is 4.49. The van der Waals surface area contributed by atoms with Gasteiger partial charge in [-0.15, -0.1) is 6.58 Å². The zero-order valence-electron chi connectivity index (χ0n) is 13.2. The molecule has 0 saturated carbocycles. The van der Waals surface area contributed by atoms with Crippen molar-refractivity contribution in [3.8, 4) is 11.5 Å². The molecule has 0 fully saturated rings. The number of nitrogens with one attached hydrogen (secondary N) is 1. The number of rotatable bonds is 12. The van der Waals surface area contributed by atoms with Crippen LogP contribution in [-0.2, 0) is 11.2 Å². The van der Waals surface area contributed by atoms with E-state index in [2.05, 4.69) is 11.9 Å². The molecule has 1 aromatic rings. The predicted molar refractivity (Wildman–Crippen MR) is 86.4 cm³/mol. The lowest BCUT2D eigenvalue weighted by atomic mass is 10.1. The van der Waals surface area contributed by atoms with Crippen LogP contribution in [0, 0.1) is 0 Å². The second-order valence-corrected chi connectivity index (χ2v) is 4.49. The fourth-order valence-electron chi connectivity index (χ4n) is 1.91. The number of ether oxygens (including phenoxy) is 3. The minimum atomic E-state index is 0.629. The summed E-state index contributed by atoms with van der Waals surface area (Å²) >= 11 is 0. The lowest BCUT2D eigenvalue weighted by molar-refractivity contribution is 0.148. The summed E-state index contributed by atoms with van der Waals surface area (Å²) < 4.78 is 16.6. The molecule has 21 heavy (non-hydrogen) atoms. The lowest BCUT2D eigenvalue weighted by Gasteiger charge is -2.13. The van der Waals surface area contributed by atoms with Gasteiger partial charge in [0.15, 0.2) is 0 Å². The summed E-state index contributed by atoms with van der Waals surface area (Å²) in [4.78, 5) is 0. The highest BCUT2D eigenvalue weighted by molar-refractivity contribution is 5.41. The quantitative estimate of drug-likeness (QED) is 0.475. The van der Waals surface area contributed by atoms with E-state index in [-0.39, 0.29) is 0 Å². The van der Waals surface area contributed by atoms with Crippen LogP contribution in [-0.4, -0.2) is 39.5 Å². The van der Waals surface area contributed by atoms with Crippen molar-refractivity contribution in [1.82, 2.24) is 5.32 Å². The van der Waals surface area contributed by atoms with Gasteiger partial charge >= 0.3 is 0 Å². The molecule has 0 spiro atoms. The molecule has 0 atom stereocenters. The largest absolute Gasteiger partial charge is 0.494 e. The summed E-state index contributed by atoms with van der Waals surface area (Å²) in [5.74, 6) is 1.77. The van der Waals surface area contributed by atoms with E-state index in [1.165, 1.54) is 0 Å². The van der Waals surface area contributed by atoms with Gasteiger partial charge in [-0.2, -0.15) is 0 Å². The molecule has 118 valence electrons. The Bertz CT molecular complexity index is 407. The Hall–Kier alpha value is -1.52. The van der Waals surface area contributed by atoms with Crippen molar-refractivity contribution >= 4 is 0 Å². The molecule has 1 rings (SSSR count). The molecule has 0 heterocycles. The third kappa shape index (κ3) is 7.16. The summed E-state index contributed by atoms with van der Waals surface area (Å²) in [6.45, 7) is 12.2. The molecule has 1 N–H and O–H groups in total. The second kappa shape index (κ2) is 11.2. The SMILES string of the molecule is C=CCc1cc(OCC)ccc1OCCNCCOCC. The van der Waals surface area contributed by atoms with Crippen molar-refractivity contribution in [1.29, 1.82) is 0 Å². The van der Waals surface area contributed by atoms with Crippen LogP contribution in [0.4, 0.5) is 0 Å². The highest BCUT2D eigenvalue weighted by Gasteiger charge is 2.05. The summed E-state index contributed by atoms with van der Waals surface area (Å²) in [5, 5.41) is 3.28. The molecule has 4 nitrogen and oxygen atoms in total. The molecule has 0 aliphatic heterocycles. The predicted octanol–water partition coefficient (Wildman–Crippen LogP) is 2.82. The molecular formula is C17H27NO3. The molecule has 0 radical (unpaired) electrons. The van der Waals surface area contributed by atoms with Crippen molar-refractivity contribution in [2.45, 2.75) is 20.3 Å². The zero-order chi connectivity index (χ0) is 15.3. The number of allylic oxidation sites excluding steroid dienone is 1. The Kier molecular flexibility index (Phi) is 9.33. The van der Waals surface area contributed by atoms with Crippen molar-refractivity contribution in [2.75, 3.05) is 39.5 Å². The Labute approximate surface area is 128 Å². The van der Waals surface area contributed by atoms with Gasteiger partial charge in [0.2, 0.25) is 0 Å². The van der Waals surface area contributed by atoms with Crippen LogP contribution < -0.4 is 14.8 Å². The highest BCUT2D eigenvalue weighted by Crippen LogP contribution is 2.25. The minimum absolute atomic E-state index is 0.629. The average molecular weight is 293 g/mol. The molecule has 0 aromatic heterocycles. The molecule has 1 aromatic carbocycles. The third-order valence-electron chi connectivity index (χ3n) is 2.87. The van der Waals surface area contributed by atoms with Crippen LogP contribution in [0.1, 0.15) is 19.4 Å². The van der Waals surface area contributed by atoms with Gasteiger partial charge in [0, 0.05) is 25.3 Å². The highest BCUT2D eigenvalue weighted by atomic mass is 16.5. The number of benzene rings is 1. The summed E-state index contributed by atoms with van der Waals surface area (Å²) in [5.41, 5.74) is 1.10. The molecule has 0 aliphatic rings. The first-order valence-corrected chi connectivity index (χ1v) is 7.59. The van der Waals surface area contributed by atoms with Crippen molar-refractivity contribution in [3.05, 3.63) is 36.4 Å². The van der Waals surface area contributed by atoms with Gasteiger partial charge in [-0.1, -0.05) is 6.08 Å². The smallest absolute Gasteiger partial charge is 0.123 e. The van der Waals surface area contributed by atoms with E-state index in [9.17, 15) is 0 Å². The number of hydrogen-bond acceptors (Lipinski definition) is 4. The summed E-state index contributed by atoms with van der Waals surface area (Å²) in [6, 6.07) is 5.92. The van der Waals surface area contributed by atoms with Gasteiger partial charge in [-0.3, -0.25) is 0 Å². The maximum absolute atomic E-state index is 5.82. The number of hydrogen-bond donors (Lipinski definition) is 1. The van der Waals surface area contributed by atoms with Crippen LogP contribution in [0.15, 0.2) is 30.9 Å². The van der Waals surface area contributed by atoms with Crippen LogP contribution in [0.2, 0.25) is 0 Å². The zero-order valence-corrected chi connectivity index (χ0v) is 13.2. The van der Waals surface area contributed by atoms with Crippen molar-refractivity contribution in [3.63, 3.8) is 0 Å². The normalized spacial score (nSPS) is 10.4. The van der Waals surface area contributed by atoms with E-state index in [0.29, 0.717) is 13.2 Å². The molecule has 4 heteroatoms. The Morgan fingerprint density at radius 3 is 2.62 bits per heavy atom. The molecule has 0 aliphatic carbocycles. The fraction of sp³-hybridized carbons (Fsp3) is 0.529. The van der Waals surface area contributed by atoms with E-state index < -0.39 is 0 Å². The van der Waals surface area contributed by atoms with Crippen LogP contribution in [0.3, 0.4) is 0 Å². The van der Waals surface area contributed by atoms with Gasteiger partial charge in [-0.05, 0) is 38.5 Å². The first-order chi connectivity index (χ1) is 10.3. The van der Waals surface area contributed by atoms with Crippen LogP contribution >= 0.6 is 0 Å². The van der Waals surface area contributed by atoms with Crippen LogP contribution in [0.25, 0.3) is 0 Å². The standard InChI is InChI=1S/C17H27NO3/c1-4-7-15-14-16(20-6-3)8-9-17(15)21-13-11-18-10-12-19-5-2/h4,8-9,14,18H,1,5-7,10-13H2,2-3H3. The molecule has 0 amide bonds. The Morgan fingerprint density at radius 2 is 1.90 bits per heavy atom. The van der Waals surface area contributed by atoms with Gasteiger partial charge in [0.1, 0.15) is 18.1 Å². The van der Waals surface area contributed by atoms with Gasteiger partial charge < -0.3 is 19.5 Å². The third-order valence-corrected chi connectivity index (χ3v) is 2.87. The van der Waals surface area contributed by atoms with Crippen LogP contribution in [0.5, 0.6) is 11.5 Å². The maximum atomic E-state index is 5.82. The van der Waals surface area contributed by atoms with E-state index in [0.717, 1.165) is 49.8 Å². The van der Waals surface area contributed by atoms with Gasteiger partial charge in [0.05, 0.1) is 13.2 Å². The van der Waals surface area contributed by atoms with Crippen molar-refractivity contribution < 1.29 is 14.2 Å². The minimum Gasteiger partial charge on any atom is -0.494 e. The summed E-state index contributed by atoms with van der Waals surface area (Å²) in [7, 11) is 0. The maximum Gasteiger partial charge on any atom is 0.123 e. The van der Waals surface area contributed by atoms with E-state index in [4.69, 9.17) is 14.2 Å². The molecule has 0 saturated heterocycles. The molecular weight excluding hydrogens is 266 g/mol. The Balaban J connectivity index is 2.40. The lowest BCUT2D eigenvalue weighted by Crippen LogP contribution is -2.25. The van der Waals surface area contributed by atoms with E-state index >= 15 is 0 Å². The van der Waals surface area contributed by atoms with Gasteiger partial charge in [-0.25, -0.2) is 0 Å². The first kappa shape index (κ1) is 17.5. The molecule has 0 unspecified atom stereocenters. The fourth-order valence-corrected chi connectivity index (χ4v) is 1.91. The monoisotopic (exact) mass is 293 g/mol. The average Bonchev–Trinajstić information content (AvgIpc) is 2.49. The van der Waals surface area contributed by atoms with Crippen molar-refractivity contribution in [2.24, 2.45) is 0 Å². The summed E-state index contributed by atoms with van der Waals surface area (Å²) in [6.07, 6.45) is 2.65. The van der Waals surface area contributed by atoms with E-state index in [1.807, 2.05) is 38.1 Å². The van der Waals surface area contributed by atoms with E-state index in [1.54, 1.807) is 0 Å². The Morgan fingerprint density at radius 1 is 1.10 bits per heavy atom. The molecule has 0 bridgehead atoms. The van der Waals surface area contributed by atoms with Gasteiger partial charge in [0.25, 0.3) is 0 Å². The topological polar surface area (TPSA) is 39.7 Å². The first-order valence-electron chi connectivity index (χ1n) is 7.59.